The fourth-order valence-electron chi connectivity index (χ4n) is 2.60. The standard InChI is InChI=1S/C14H17NO3/c16-13(17)14(8-18-9-14)7-15-12-5-4-10-2-1-3-11(10)6-12/h4-6,15H,1-3,7-9H2,(H,16,17). The van der Waals surface area contributed by atoms with E-state index in [4.69, 9.17) is 4.74 Å². The topological polar surface area (TPSA) is 58.6 Å². The van der Waals surface area contributed by atoms with E-state index in [1.807, 2.05) is 6.07 Å². The van der Waals surface area contributed by atoms with Gasteiger partial charge in [-0.15, -0.1) is 0 Å². The molecule has 0 radical (unpaired) electrons. The van der Waals surface area contributed by atoms with Gasteiger partial charge in [-0.1, -0.05) is 6.07 Å². The first-order chi connectivity index (χ1) is 8.70. The van der Waals surface area contributed by atoms with Gasteiger partial charge in [0, 0.05) is 12.2 Å². The maximum atomic E-state index is 11.2. The van der Waals surface area contributed by atoms with E-state index in [-0.39, 0.29) is 0 Å². The molecule has 18 heavy (non-hydrogen) atoms. The van der Waals surface area contributed by atoms with Crippen LogP contribution in [0.3, 0.4) is 0 Å². The number of aliphatic carboxylic acids is 1. The summed E-state index contributed by atoms with van der Waals surface area (Å²) in [6, 6.07) is 6.34. The van der Waals surface area contributed by atoms with Crippen LogP contribution in [0.4, 0.5) is 5.69 Å². The highest BCUT2D eigenvalue weighted by atomic mass is 16.5. The molecule has 0 bridgehead atoms. The van der Waals surface area contributed by atoms with Crippen molar-refractivity contribution >= 4 is 11.7 Å². The summed E-state index contributed by atoms with van der Waals surface area (Å²) in [7, 11) is 0. The maximum absolute atomic E-state index is 11.2. The molecule has 0 amide bonds. The fraction of sp³-hybridized carbons (Fsp3) is 0.500. The molecule has 1 heterocycles. The highest BCUT2D eigenvalue weighted by Gasteiger charge is 2.46. The van der Waals surface area contributed by atoms with Gasteiger partial charge in [0.15, 0.2) is 0 Å². The van der Waals surface area contributed by atoms with Gasteiger partial charge in [-0.25, -0.2) is 0 Å². The number of anilines is 1. The van der Waals surface area contributed by atoms with Crippen molar-refractivity contribution in [1.82, 2.24) is 0 Å². The smallest absolute Gasteiger partial charge is 0.316 e. The zero-order chi connectivity index (χ0) is 12.6. The van der Waals surface area contributed by atoms with Gasteiger partial charge in [-0.3, -0.25) is 4.79 Å². The molecule has 3 rings (SSSR count). The summed E-state index contributed by atoms with van der Waals surface area (Å²) in [5.41, 5.74) is 3.11. The fourth-order valence-corrected chi connectivity index (χ4v) is 2.60. The van der Waals surface area contributed by atoms with Gasteiger partial charge in [0.05, 0.1) is 13.2 Å². The summed E-state index contributed by atoms with van der Waals surface area (Å²) in [4.78, 5) is 11.2. The maximum Gasteiger partial charge on any atom is 0.316 e. The van der Waals surface area contributed by atoms with Crippen molar-refractivity contribution in [2.75, 3.05) is 25.1 Å². The lowest BCUT2D eigenvalue weighted by Gasteiger charge is -2.37. The van der Waals surface area contributed by atoms with Crippen LogP contribution in [0.1, 0.15) is 17.5 Å². The molecule has 0 atom stereocenters. The molecule has 2 aliphatic rings. The minimum atomic E-state index is -0.776. The van der Waals surface area contributed by atoms with Gasteiger partial charge in [-0.2, -0.15) is 0 Å². The average molecular weight is 247 g/mol. The zero-order valence-corrected chi connectivity index (χ0v) is 10.2. The zero-order valence-electron chi connectivity index (χ0n) is 10.2. The summed E-state index contributed by atoms with van der Waals surface area (Å²) in [5.74, 6) is -0.776. The number of fused-ring (bicyclic) bond motifs is 1. The normalized spacial score (nSPS) is 20.0. The Bertz CT molecular complexity index is 480. The molecule has 1 aliphatic carbocycles. The second-order valence-corrected chi connectivity index (χ2v) is 5.27. The number of carboxylic acids is 1. The van der Waals surface area contributed by atoms with Crippen molar-refractivity contribution in [1.29, 1.82) is 0 Å². The third-order valence-corrected chi connectivity index (χ3v) is 3.94. The third-order valence-electron chi connectivity index (χ3n) is 3.94. The number of carboxylic acid groups (broad SMARTS) is 1. The SMILES string of the molecule is O=C(O)C1(CNc2ccc3c(c2)CCC3)COC1. The van der Waals surface area contributed by atoms with E-state index in [1.54, 1.807) is 0 Å². The Morgan fingerprint density at radius 1 is 1.33 bits per heavy atom. The number of aryl methyl sites for hydroxylation is 2. The second-order valence-electron chi connectivity index (χ2n) is 5.27. The number of rotatable bonds is 4. The predicted molar refractivity (Wildman–Crippen MR) is 67.8 cm³/mol. The Labute approximate surface area is 106 Å². The molecule has 0 aromatic heterocycles. The van der Waals surface area contributed by atoms with E-state index in [2.05, 4.69) is 17.4 Å². The second kappa shape index (κ2) is 4.28. The van der Waals surface area contributed by atoms with Crippen LogP contribution < -0.4 is 5.32 Å². The first-order valence-electron chi connectivity index (χ1n) is 6.36. The van der Waals surface area contributed by atoms with E-state index < -0.39 is 11.4 Å². The minimum Gasteiger partial charge on any atom is -0.481 e. The molecular formula is C14H17NO3. The van der Waals surface area contributed by atoms with E-state index in [1.165, 1.54) is 24.0 Å². The molecule has 1 aliphatic heterocycles. The van der Waals surface area contributed by atoms with Gasteiger partial charge in [0.1, 0.15) is 5.41 Å². The number of hydrogen-bond acceptors (Lipinski definition) is 3. The Kier molecular flexibility index (Phi) is 2.74. The molecule has 1 aromatic rings. The third kappa shape index (κ3) is 1.86. The van der Waals surface area contributed by atoms with Crippen LogP contribution >= 0.6 is 0 Å². The average Bonchev–Trinajstić information content (AvgIpc) is 2.74. The Hall–Kier alpha value is -1.55. The van der Waals surface area contributed by atoms with Crippen molar-refractivity contribution < 1.29 is 14.6 Å². The van der Waals surface area contributed by atoms with Crippen LogP contribution in [0, 0.1) is 5.41 Å². The monoisotopic (exact) mass is 247 g/mol. The van der Waals surface area contributed by atoms with Crippen LogP contribution in [0.2, 0.25) is 0 Å². The van der Waals surface area contributed by atoms with Gasteiger partial charge < -0.3 is 15.2 Å². The van der Waals surface area contributed by atoms with E-state index in [9.17, 15) is 9.90 Å². The van der Waals surface area contributed by atoms with Crippen molar-refractivity contribution in [2.24, 2.45) is 5.41 Å². The number of hydrogen-bond donors (Lipinski definition) is 2. The molecule has 96 valence electrons. The summed E-state index contributed by atoms with van der Waals surface area (Å²) in [5, 5.41) is 12.4. The highest BCUT2D eigenvalue weighted by molar-refractivity contribution is 5.77. The Balaban J connectivity index is 1.68. The molecule has 1 saturated heterocycles. The van der Waals surface area contributed by atoms with Gasteiger partial charge in [-0.05, 0) is 42.5 Å². The molecule has 4 heteroatoms. The van der Waals surface area contributed by atoms with Gasteiger partial charge >= 0.3 is 5.97 Å². The lowest BCUT2D eigenvalue weighted by molar-refractivity contribution is -0.176. The lowest BCUT2D eigenvalue weighted by atomic mass is 9.86. The largest absolute Gasteiger partial charge is 0.481 e. The van der Waals surface area contributed by atoms with E-state index >= 15 is 0 Å². The van der Waals surface area contributed by atoms with Gasteiger partial charge in [0.25, 0.3) is 0 Å². The summed E-state index contributed by atoms with van der Waals surface area (Å²) < 4.78 is 5.04. The van der Waals surface area contributed by atoms with E-state index in [0.29, 0.717) is 19.8 Å². The van der Waals surface area contributed by atoms with Crippen LogP contribution in [0.5, 0.6) is 0 Å². The number of benzene rings is 1. The van der Waals surface area contributed by atoms with Crippen molar-refractivity contribution in [2.45, 2.75) is 19.3 Å². The van der Waals surface area contributed by atoms with Crippen LogP contribution in [0.25, 0.3) is 0 Å². The summed E-state index contributed by atoms with van der Waals surface area (Å²) in [6.07, 6.45) is 3.53. The predicted octanol–water partition coefficient (Wildman–Crippen LogP) is 1.69. The molecule has 1 fully saturated rings. The van der Waals surface area contributed by atoms with Crippen LogP contribution in [-0.2, 0) is 22.4 Å². The molecule has 4 nitrogen and oxygen atoms in total. The van der Waals surface area contributed by atoms with Gasteiger partial charge in [0.2, 0.25) is 0 Å². The van der Waals surface area contributed by atoms with E-state index in [0.717, 1.165) is 12.1 Å². The molecular weight excluding hydrogens is 230 g/mol. The summed E-state index contributed by atoms with van der Waals surface area (Å²) in [6.45, 7) is 1.04. The van der Waals surface area contributed by atoms with Crippen molar-refractivity contribution in [3.05, 3.63) is 29.3 Å². The first-order valence-corrected chi connectivity index (χ1v) is 6.36. The quantitative estimate of drug-likeness (QED) is 0.850. The number of ether oxygens (including phenoxy) is 1. The van der Waals surface area contributed by atoms with Crippen molar-refractivity contribution in [3.8, 4) is 0 Å². The van der Waals surface area contributed by atoms with Crippen LogP contribution in [0.15, 0.2) is 18.2 Å². The van der Waals surface area contributed by atoms with Crippen molar-refractivity contribution in [3.63, 3.8) is 0 Å². The minimum absolute atomic E-state index is 0.306. The molecule has 0 spiro atoms. The summed E-state index contributed by atoms with van der Waals surface area (Å²) >= 11 is 0. The Morgan fingerprint density at radius 3 is 2.78 bits per heavy atom. The lowest BCUT2D eigenvalue weighted by Crippen LogP contribution is -2.53. The number of carbonyl (C=O) groups is 1. The first kappa shape index (κ1) is 11.5. The molecule has 0 saturated carbocycles. The molecule has 0 unspecified atom stereocenters. The molecule has 2 N–H and O–H groups in total. The van der Waals surface area contributed by atoms with Crippen LogP contribution in [-0.4, -0.2) is 30.8 Å². The number of nitrogens with one attached hydrogen (secondary N) is 1. The highest BCUT2D eigenvalue weighted by Crippen LogP contribution is 2.29. The molecule has 1 aromatic carbocycles. The Morgan fingerprint density at radius 2 is 2.11 bits per heavy atom.